The second-order valence-corrected chi connectivity index (χ2v) is 7.64. The largest absolute Gasteiger partial charge is 0.496 e. The number of halogens is 1. The van der Waals surface area contributed by atoms with E-state index in [0.29, 0.717) is 22.9 Å². The fourth-order valence-corrected chi connectivity index (χ4v) is 3.58. The van der Waals surface area contributed by atoms with Gasteiger partial charge in [0.25, 0.3) is 11.8 Å². The quantitative estimate of drug-likeness (QED) is 0.419. The van der Waals surface area contributed by atoms with Gasteiger partial charge in [0.15, 0.2) is 0 Å². The number of carbonyl (C=O) groups is 2. The Kier molecular flexibility index (Phi) is 6.71. The van der Waals surface area contributed by atoms with E-state index in [1.807, 2.05) is 53.3 Å². The number of benzene rings is 3. The van der Waals surface area contributed by atoms with Crippen molar-refractivity contribution in [1.82, 2.24) is 20.6 Å². The lowest BCUT2D eigenvalue weighted by atomic mass is 9.98. The van der Waals surface area contributed by atoms with E-state index < -0.39 is 11.8 Å². The number of amides is 2. The van der Waals surface area contributed by atoms with Crippen molar-refractivity contribution in [2.24, 2.45) is 0 Å². The summed E-state index contributed by atoms with van der Waals surface area (Å²) in [7, 11) is 1.45. The minimum absolute atomic E-state index is 0.214. The average Bonchev–Trinajstić information content (AvgIpc) is 3.36. The highest BCUT2D eigenvalue weighted by Crippen LogP contribution is 2.25. The Morgan fingerprint density at radius 2 is 1.67 bits per heavy atom. The van der Waals surface area contributed by atoms with Crippen LogP contribution in [0.3, 0.4) is 0 Å². The van der Waals surface area contributed by atoms with Gasteiger partial charge in [0.2, 0.25) is 0 Å². The van der Waals surface area contributed by atoms with E-state index in [-0.39, 0.29) is 5.56 Å². The van der Waals surface area contributed by atoms with Crippen molar-refractivity contribution in [2.45, 2.75) is 6.54 Å². The second-order valence-electron chi connectivity index (χ2n) is 7.20. The minimum Gasteiger partial charge on any atom is -0.496 e. The summed E-state index contributed by atoms with van der Waals surface area (Å²) >= 11 is 5.99. The molecule has 1 aromatic heterocycles. The minimum atomic E-state index is -0.539. The van der Waals surface area contributed by atoms with Gasteiger partial charge in [-0.15, -0.1) is 0 Å². The SMILES string of the molecule is COc1ccc(Cl)cc1C(=O)NNC(=O)c1ccccc1-c1ccc(Cn2cccn2)cc1. The molecule has 0 saturated heterocycles. The van der Waals surface area contributed by atoms with E-state index in [1.165, 1.54) is 13.2 Å². The summed E-state index contributed by atoms with van der Waals surface area (Å²) in [5, 5.41) is 4.60. The van der Waals surface area contributed by atoms with Gasteiger partial charge < -0.3 is 4.74 Å². The summed E-state index contributed by atoms with van der Waals surface area (Å²) in [5.74, 6) is -0.634. The number of hydrogen-bond acceptors (Lipinski definition) is 4. The summed E-state index contributed by atoms with van der Waals surface area (Å²) in [4.78, 5) is 25.4. The van der Waals surface area contributed by atoms with Gasteiger partial charge >= 0.3 is 0 Å². The van der Waals surface area contributed by atoms with Gasteiger partial charge in [-0.2, -0.15) is 5.10 Å². The molecule has 2 N–H and O–H groups in total. The maximum atomic E-state index is 12.9. The molecule has 8 heteroatoms. The molecular formula is C25H21ClN4O3. The first kappa shape index (κ1) is 22.1. The zero-order chi connectivity index (χ0) is 23.2. The Morgan fingerprint density at radius 1 is 0.939 bits per heavy atom. The van der Waals surface area contributed by atoms with E-state index in [9.17, 15) is 9.59 Å². The number of hydrazine groups is 1. The normalized spacial score (nSPS) is 10.5. The van der Waals surface area contributed by atoms with Gasteiger partial charge in [0.05, 0.1) is 19.2 Å². The zero-order valence-corrected chi connectivity index (χ0v) is 18.5. The maximum absolute atomic E-state index is 12.9. The van der Waals surface area contributed by atoms with Crippen LogP contribution in [0.2, 0.25) is 5.02 Å². The Labute approximate surface area is 195 Å². The number of nitrogens with one attached hydrogen (secondary N) is 2. The van der Waals surface area contributed by atoms with Crippen LogP contribution in [0.1, 0.15) is 26.3 Å². The Bertz CT molecular complexity index is 1270. The van der Waals surface area contributed by atoms with E-state index >= 15 is 0 Å². The number of rotatable bonds is 6. The molecule has 4 aromatic rings. The number of carbonyl (C=O) groups excluding carboxylic acids is 2. The van der Waals surface area contributed by atoms with Crippen LogP contribution in [0, 0.1) is 0 Å². The molecule has 0 unspecified atom stereocenters. The van der Waals surface area contributed by atoms with Gasteiger partial charge in [-0.3, -0.25) is 25.1 Å². The second kappa shape index (κ2) is 10.0. The summed E-state index contributed by atoms with van der Waals surface area (Å²) < 4.78 is 7.04. The molecule has 1 heterocycles. The lowest BCUT2D eigenvalue weighted by Gasteiger charge is -2.13. The molecule has 4 rings (SSSR count). The molecule has 0 aliphatic heterocycles. The van der Waals surface area contributed by atoms with Crippen molar-refractivity contribution in [1.29, 1.82) is 0 Å². The van der Waals surface area contributed by atoms with E-state index in [1.54, 1.807) is 30.5 Å². The number of aromatic nitrogens is 2. The van der Waals surface area contributed by atoms with Crippen LogP contribution in [-0.4, -0.2) is 28.7 Å². The topological polar surface area (TPSA) is 85.3 Å². The highest BCUT2D eigenvalue weighted by molar-refractivity contribution is 6.31. The fourth-order valence-electron chi connectivity index (χ4n) is 3.41. The Morgan fingerprint density at radius 3 is 2.36 bits per heavy atom. The summed E-state index contributed by atoms with van der Waals surface area (Å²) in [6.45, 7) is 0.661. The predicted molar refractivity (Wildman–Crippen MR) is 126 cm³/mol. The molecule has 0 atom stereocenters. The van der Waals surface area contributed by atoms with Crippen molar-refractivity contribution in [3.8, 4) is 16.9 Å². The highest BCUT2D eigenvalue weighted by Gasteiger charge is 2.16. The molecule has 33 heavy (non-hydrogen) atoms. The van der Waals surface area contributed by atoms with Crippen molar-refractivity contribution >= 4 is 23.4 Å². The molecule has 0 aliphatic carbocycles. The van der Waals surface area contributed by atoms with Crippen LogP contribution in [0.5, 0.6) is 5.75 Å². The van der Waals surface area contributed by atoms with E-state index in [2.05, 4.69) is 16.0 Å². The molecule has 2 amide bonds. The molecule has 0 saturated carbocycles. The first-order chi connectivity index (χ1) is 16.0. The predicted octanol–water partition coefficient (Wildman–Crippen LogP) is 4.34. The van der Waals surface area contributed by atoms with Crippen molar-refractivity contribution in [3.05, 3.63) is 107 Å². The third-order valence-electron chi connectivity index (χ3n) is 5.04. The van der Waals surface area contributed by atoms with Gasteiger partial charge in [0.1, 0.15) is 5.75 Å². The number of hydrogen-bond donors (Lipinski definition) is 2. The van der Waals surface area contributed by atoms with Crippen molar-refractivity contribution < 1.29 is 14.3 Å². The number of methoxy groups -OCH3 is 1. The molecule has 3 aromatic carbocycles. The van der Waals surface area contributed by atoms with Crippen LogP contribution in [-0.2, 0) is 6.54 Å². The molecule has 7 nitrogen and oxygen atoms in total. The van der Waals surface area contributed by atoms with Crippen LogP contribution in [0.15, 0.2) is 85.2 Å². The van der Waals surface area contributed by atoms with Gasteiger partial charge in [-0.25, -0.2) is 0 Å². The highest BCUT2D eigenvalue weighted by atomic mass is 35.5. The van der Waals surface area contributed by atoms with Gasteiger partial charge in [-0.1, -0.05) is 54.1 Å². The van der Waals surface area contributed by atoms with E-state index in [4.69, 9.17) is 16.3 Å². The lowest BCUT2D eigenvalue weighted by Crippen LogP contribution is -2.41. The molecule has 0 fully saturated rings. The third-order valence-corrected chi connectivity index (χ3v) is 5.27. The summed E-state index contributed by atoms with van der Waals surface area (Å²) in [5.41, 5.74) is 8.25. The van der Waals surface area contributed by atoms with Crippen molar-refractivity contribution in [3.63, 3.8) is 0 Å². The molecule has 0 bridgehead atoms. The van der Waals surface area contributed by atoms with Crippen LogP contribution in [0.4, 0.5) is 0 Å². The van der Waals surface area contributed by atoms with E-state index in [0.717, 1.165) is 16.7 Å². The van der Waals surface area contributed by atoms with Crippen LogP contribution >= 0.6 is 11.6 Å². The molecule has 0 radical (unpaired) electrons. The first-order valence-corrected chi connectivity index (χ1v) is 10.5. The Balaban J connectivity index is 1.48. The maximum Gasteiger partial charge on any atom is 0.273 e. The molecule has 166 valence electrons. The number of nitrogens with zero attached hydrogens (tertiary/aromatic N) is 2. The van der Waals surface area contributed by atoms with Gasteiger partial charge in [-0.05, 0) is 47.0 Å². The van der Waals surface area contributed by atoms with Crippen molar-refractivity contribution in [2.75, 3.05) is 7.11 Å². The summed E-state index contributed by atoms with van der Waals surface area (Å²) in [6.07, 6.45) is 3.64. The lowest BCUT2D eigenvalue weighted by molar-refractivity contribution is 0.0845. The summed E-state index contributed by atoms with van der Waals surface area (Å²) in [6, 6.07) is 21.7. The standard InChI is InChI=1S/C25H21ClN4O3/c1-33-23-12-11-19(26)15-22(23)25(32)29-28-24(31)21-6-3-2-5-20(21)18-9-7-17(8-10-18)16-30-14-4-13-27-30/h2-15H,16H2,1H3,(H,28,31)(H,29,32). The molecule has 0 spiro atoms. The van der Waals surface area contributed by atoms with Crippen LogP contribution in [0.25, 0.3) is 11.1 Å². The van der Waals surface area contributed by atoms with Crippen LogP contribution < -0.4 is 15.6 Å². The molecule has 0 aliphatic rings. The third kappa shape index (κ3) is 5.22. The first-order valence-electron chi connectivity index (χ1n) is 10.1. The van der Waals surface area contributed by atoms with Gasteiger partial charge in [0, 0.05) is 23.0 Å². The smallest absolute Gasteiger partial charge is 0.273 e. The average molecular weight is 461 g/mol. The zero-order valence-electron chi connectivity index (χ0n) is 17.8. The Hall–Kier alpha value is -4.10. The number of ether oxygens (including phenoxy) is 1. The molecular weight excluding hydrogens is 440 g/mol. The fraction of sp³-hybridized carbons (Fsp3) is 0.0800. The monoisotopic (exact) mass is 460 g/mol.